The third-order valence-electron chi connectivity index (χ3n) is 4.78. The van der Waals surface area contributed by atoms with Gasteiger partial charge in [0.05, 0.1) is 19.8 Å². The maximum Gasteiger partial charge on any atom is 0.174 e. The lowest BCUT2D eigenvalue weighted by atomic mass is 10.0. The molecule has 0 bridgehead atoms. The van der Waals surface area contributed by atoms with E-state index >= 15 is 0 Å². The predicted octanol–water partition coefficient (Wildman–Crippen LogP) is 6.34. The van der Waals surface area contributed by atoms with Crippen molar-refractivity contribution in [2.24, 2.45) is 0 Å². The molecule has 4 rings (SSSR count). The van der Waals surface area contributed by atoms with Crippen molar-refractivity contribution in [3.05, 3.63) is 89.7 Å². The minimum Gasteiger partial charge on any atom is -0.497 e. The summed E-state index contributed by atoms with van der Waals surface area (Å²) in [5.74, 6) is 1.80. The molecule has 0 aliphatic rings. The molecular formula is C25H20FNO3. The van der Waals surface area contributed by atoms with Crippen LogP contribution >= 0.6 is 0 Å². The van der Waals surface area contributed by atoms with E-state index in [4.69, 9.17) is 14.0 Å². The second kappa shape index (κ2) is 8.66. The maximum absolute atomic E-state index is 14.1. The quantitative estimate of drug-likeness (QED) is 0.378. The summed E-state index contributed by atoms with van der Waals surface area (Å²) >= 11 is 0. The molecule has 5 heteroatoms. The van der Waals surface area contributed by atoms with Crippen LogP contribution in [-0.2, 0) is 0 Å². The average Bonchev–Trinajstić information content (AvgIpc) is 3.22. The van der Waals surface area contributed by atoms with Crippen LogP contribution in [-0.4, -0.2) is 19.4 Å². The number of benzene rings is 3. The molecule has 0 fully saturated rings. The number of aromatic nitrogens is 1. The lowest BCUT2D eigenvalue weighted by molar-refractivity contribution is 0.414. The fourth-order valence-electron chi connectivity index (χ4n) is 3.14. The smallest absolute Gasteiger partial charge is 0.174 e. The van der Waals surface area contributed by atoms with Gasteiger partial charge in [0.15, 0.2) is 5.76 Å². The number of ether oxygens (including phenoxy) is 2. The third-order valence-corrected chi connectivity index (χ3v) is 4.78. The van der Waals surface area contributed by atoms with E-state index in [2.05, 4.69) is 5.16 Å². The fourth-order valence-corrected chi connectivity index (χ4v) is 3.14. The van der Waals surface area contributed by atoms with Gasteiger partial charge in [-0.2, -0.15) is 0 Å². The van der Waals surface area contributed by atoms with Gasteiger partial charge in [0.25, 0.3) is 0 Å². The van der Waals surface area contributed by atoms with Crippen LogP contribution in [0.15, 0.2) is 77.3 Å². The molecule has 0 N–H and O–H groups in total. The molecule has 0 aliphatic carbocycles. The molecule has 0 amide bonds. The van der Waals surface area contributed by atoms with Crippen molar-refractivity contribution in [1.29, 1.82) is 0 Å². The van der Waals surface area contributed by atoms with Crippen LogP contribution in [0, 0.1) is 5.82 Å². The Bertz CT molecular complexity index is 1100. The van der Waals surface area contributed by atoms with Gasteiger partial charge >= 0.3 is 0 Å². The second-order valence-electron chi connectivity index (χ2n) is 6.59. The van der Waals surface area contributed by atoms with Crippen LogP contribution in [0.2, 0.25) is 0 Å². The molecule has 1 aromatic heterocycles. The SMILES string of the molecule is COc1ccc(-c2noc(-c3ccc(OC)cc3)c2/C=C/c2ccccc2F)cc1. The van der Waals surface area contributed by atoms with E-state index in [1.165, 1.54) is 6.07 Å². The van der Waals surface area contributed by atoms with Crippen LogP contribution in [0.5, 0.6) is 11.5 Å². The molecule has 0 aliphatic heterocycles. The molecule has 4 aromatic rings. The Balaban J connectivity index is 1.81. The number of rotatable bonds is 6. The highest BCUT2D eigenvalue weighted by molar-refractivity contribution is 5.86. The van der Waals surface area contributed by atoms with Gasteiger partial charge in [-0.05, 0) is 60.7 Å². The monoisotopic (exact) mass is 401 g/mol. The molecule has 1 heterocycles. The van der Waals surface area contributed by atoms with E-state index in [1.807, 2.05) is 54.6 Å². The van der Waals surface area contributed by atoms with Gasteiger partial charge in [0, 0.05) is 16.7 Å². The van der Waals surface area contributed by atoms with Crippen LogP contribution < -0.4 is 9.47 Å². The average molecular weight is 401 g/mol. The van der Waals surface area contributed by atoms with E-state index in [9.17, 15) is 4.39 Å². The lowest BCUT2D eigenvalue weighted by Gasteiger charge is -2.04. The van der Waals surface area contributed by atoms with Crippen LogP contribution in [0.25, 0.3) is 34.7 Å². The van der Waals surface area contributed by atoms with E-state index < -0.39 is 0 Å². The maximum atomic E-state index is 14.1. The van der Waals surface area contributed by atoms with Gasteiger partial charge in [-0.15, -0.1) is 0 Å². The first-order valence-electron chi connectivity index (χ1n) is 9.40. The summed E-state index contributed by atoms with van der Waals surface area (Å²) in [6, 6.07) is 21.7. The highest BCUT2D eigenvalue weighted by Crippen LogP contribution is 2.35. The number of hydrogen-bond donors (Lipinski definition) is 0. The van der Waals surface area contributed by atoms with Crippen LogP contribution in [0.4, 0.5) is 4.39 Å². The molecule has 4 nitrogen and oxygen atoms in total. The van der Waals surface area contributed by atoms with Gasteiger partial charge in [-0.25, -0.2) is 4.39 Å². The van der Waals surface area contributed by atoms with Crippen molar-refractivity contribution in [2.45, 2.75) is 0 Å². The zero-order valence-corrected chi connectivity index (χ0v) is 16.6. The summed E-state index contributed by atoms with van der Waals surface area (Å²) in [6.07, 6.45) is 3.55. The number of nitrogens with zero attached hydrogens (tertiary/aromatic N) is 1. The Morgan fingerprint density at radius 2 is 1.37 bits per heavy atom. The molecule has 150 valence electrons. The van der Waals surface area contributed by atoms with E-state index in [0.29, 0.717) is 17.0 Å². The standard InChI is InChI=1S/C25H20FNO3/c1-28-20-12-7-18(8-13-20)24-22(16-11-17-5-3-4-6-23(17)26)25(30-27-24)19-9-14-21(29-2)15-10-19/h3-16H,1-2H3/b16-11+. The zero-order chi connectivity index (χ0) is 20.9. The predicted molar refractivity (Wildman–Crippen MR) is 116 cm³/mol. The van der Waals surface area contributed by atoms with Crippen LogP contribution in [0.3, 0.4) is 0 Å². The van der Waals surface area contributed by atoms with E-state index in [-0.39, 0.29) is 5.82 Å². The van der Waals surface area contributed by atoms with Crippen molar-refractivity contribution in [1.82, 2.24) is 5.16 Å². The summed E-state index contributed by atoms with van der Waals surface area (Å²) in [6.45, 7) is 0. The lowest BCUT2D eigenvalue weighted by Crippen LogP contribution is -1.86. The Hall–Kier alpha value is -3.86. The molecule has 0 radical (unpaired) electrons. The van der Waals surface area contributed by atoms with Gasteiger partial charge < -0.3 is 14.0 Å². The molecular weight excluding hydrogens is 381 g/mol. The topological polar surface area (TPSA) is 44.5 Å². The summed E-state index contributed by atoms with van der Waals surface area (Å²) in [5.41, 5.74) is 3.62. The number of halogens is 1. The normalized spacial score (nSPS) is 11.0. The second-order valence-corrected chi connectivity index (χ2v) is 6.59. The first kappa shape index (κ1) is 19.5. The largest absolute Gasteiger partial charge is 0.497 e. The highest BCUT2D eigenvalue weighted by Gasteiger charge is 2.17. The minimum absolute atomic E-state index is 0.290. The van der Waals surface area contributed by atoms with E-state index in [1.54, 1.807) is 38.5 Å². The van der Waals surface area contributed by atoms with Gasteiger partial charge in [-0.1, -0.05) is 29.4 Å². The molecule has 0 saturated carbocycles. The van der Waals surface area contributed by atoms with Gasteiger partial charge in [0.1, 0.15) is 23.0 Å². The Kier molecular flexibility index (Phi) is 5.61. The first-order valence-corrected chi connectivity index (χ1v) is 9.40. The fraction of sp³-hybridized carbons (Fsp3) is 0.0800. The Morgan fingerprint density at radius 1 is 0.767 bits per heavy atom. The molecule has 3 aromatic carbocycles. The van der Waals surface area contributed by atoms with Gasteiger partial charge in [-0.3, -0.25) is 0 Å². The summed E-state index contributed by atoms with van der Waals surface area (Å²) in [5, 5.41) is 4.30. The third kappa shape index (κ3) is 3.96. The molecule has 30 heavy (non-hydrogen) atoms. The van der Waals surface area contributed by atoms with Crippen molar-refractivity contribution >= 4 is 12.2 Å². The molecule has 0 unspecified atom stereocenters. The molecule has 0 spiro atoms. The Morgan fingerprint density at radius 3 is 1.97 bits per heavy atom. The number of methoxy groups -OCH3 is 2. The molecule has 0 saturated heterocycles. The first-order chi connectivity index (χ1) is 14.7. The summed E-state index contributed by atoms with van der Waals surface area (Å²) < 4.78 is 30.3. The van der Waals surface area contributed by atoms with Crippen molar-refractivity contribution in [3.8, 4) is 34.1 Å². The van der Waals surface area contributed by atoms with Crippen molar-refractivity contribution in [2.75, 3.05) is 14.2 Å². The van der Waals surface area contributed by atoms with Crippen molar-refractivity contribution < 1.29 is 18.4 Å². The summed E-state index contributed by atoms with van der Waals surface area (Å²) in [4.78, 5) is 0. The molecule has 0 atom stereocenters. The van der Waals surface area contributed by atoms with Crippen LogP contribution in [0.1, 0.15) is 11.1 Å². The highest BCUT2D eigenvalue weighted by atomic mass is 19.1. The minimum atomic E-state index is -0.290. The van der Waals surface area contributed by atoms with Crippen molar-refractivity contribution in [3.63, 3.8) is 0 Å². The number of hydrogen-bond acceptors (Lipinski definition) is 4. The van der Waals surface area contributed by atoms with Gasteiger partial charge in [0.2, 0.25) is 0 Å². The van der Waals surface area contributed by atoms with E-state index in [0.717, 1.165) is 28.2 Å². The summed E-state index contributed by atoms with van der Waals surface area (Å²) in [7, 11) is 3.24. The zero-order valence-electron chi connectivity index (χ0n) is 16.6. The Labute approximate surface area is 174 Å².